The summed E-state index contributed by atoms with van der Waals surface area (Å²) >= 11 is 0. The minimum Gasteiger partial charge on any atom is -0.489 e. The highest BCUT2D eigenvalue weighted by Gasteiger charge is 2.40. The molecule has 0 aliphatic carbocycles. The first-order valence-corrected chi connectivity index (χ1v) is 24.2. The van der Waals surface area contributed by atoms with Crippen LogP contribution in [0.5, 0.6) is 23.0 Å². The zero-order valence-corrected chi connectivity index (χ0v) is 40.8. The molecule has 9 aromatic rings. The molecule has 4 nitrogen and oxygen atoms in total. The van der Waals surface area contributed by atoms with Crippen molar-refractivity contribution in [3.8, 4) is 34.1 Å². The van der Waals surface area contributed by atoms with Crippen molar-refractivity contribution in [1.82, 2.24) is 0 Å². The number of hydrogen-bond donors (Lipinski definition) is 0. The van der Waals surface area contributed by atoms with Crippen LogP contribution in [-0.2, 0) is 31.8 Å². The quantitative estimate of drug-likeness (QED) is 0.0673. The largest absolute Gasteiger partial charge is 0.489 e. The van der Waals surface area contributed by atoms with Crippen LogP contribution in [0.4, 0.5) is 0 Å². The van der Waals surface area contributed by atoms with Gasteiger partial charge in [-0.3, -0.25) is 0 Å². The zero-order valence-electron chi connectivity index (χ0n) is 40.8. The fraction of sp³-hybridized carbons (Fsp3) is 0.0882. The van der Waals surface area contributed by atoms with Crippen molar-refractivity contribution in [2.24, 2.45) is 0 Å². The van der Waals surface area contributed by atoms with Crippen LogP contribution < -0.4 is 18.9 Å². The molecule has 0 amide bonds. The molecule has 0 aromatic heterocycles. The molecule has 9 rings (SSSR count). The van der Waals surface area contributed by atoms with E-state index in [1.807, 2.05) is 24.3 Å². The molecule has 0 saturated carbocycles. The van der Waals surface area contributed by atoms with E-state index in [9.17, 15) is 0 Å². The highest BCUT2D eigenvalue weighted by atomic mass is 16.5. The first kappa shape index (κ1) is 48.2. The molecule has 0 bridgehead atoms. The molecule has 72 heavy (non-hydrogen) atoms. The van der Waals surface area contributed by atoms with Crippen LogP contribution in [0.3, 0.4) is 0 Å². The molecule has 0 aliphatic heterocycles. The van der Waals surface area contributed by atoms with E-state index in [0.717, 1.165) is 106 Å². The fourth-order valence-electron chi connectivity index (χ4n) is 8.99. The monoisotopic (exact) mass is 938 g/mol. The molecule has 9 aromatic carbocycles. The van der Waals surface area contributed by atoms with Crippen LogP contribution in [0.15, 0.2) is 239 Å². The predicted octanol–water partition coefficient (Wildman–Crippen LogP) is 16.9. The molecule has 0 heterocycles. The SMILES string of the molecule is C=Cc1ccc(COc2ccc(-c3cc(C)ccc3C(c3ccc(OCc4ccc(C=C)cc4)cc3)(c3ccc(OCc4ccc(C=C)cc4)cc3)c3ccc(OCc4ccc(C=C)cc4)cc3)cc2)cc1. The lowest BCUT2D eigenvalue weighted by Crippen LogP contribution is -2.31. The van der Waals surface area contributed by atoms with Gasteiger partial charge in [0.2, 0.25) is 0 Å². The number of ether oxygens (including phenoxy) is 4. The van der Waals surface area contributed by atoms with Gasteiger partial charge in [0.1, 0.15) is 49.4 Å². The van der Waals surface area contributed by atoms with Gasteiger partial charge in [0, 0.05) is 0 Å². The van der Waals surface area contributed by atoms with Crippen LogP contribution in [0.1, 0.15) is 72.3 Å². The van der Waals surface area contributed by atoms with Gasteiger partial charge in [0.15, 0.2) is 0 Å². The van der Waals surface area contributed by atoms with Crippen molar-refractivity contribution < 1.29 is 18.9 Å². The normalized spacial score (nSPS) is 11.0. The van der Waals surface area contributed by atoms with Crippen LogP contribution in [-0.4, -0.2) is 0 Å². The minimum absolute atomic E-state index is 0.436. The first-order chi connectivity index (χ1) is 35.3. The van der Waals surface area contributed by atoms with Crippen molar-refractivity contribution in [3.05, 3.63) is 311 Å². The van der Waals surface area contributed by atoms with Crippen molar-refractivity contribution in [2.45, 2.75) is 38.8 Å². The third-order valence-electron chi connectivity index (χ3n) is 13.1. The number of rotatable bonds is 21. The van der Waals surface area contributed by atoms with Gasteiger partial charge in [0.05, 0.1) is 5.41 Å². The van der Waals surface area contributed by atoms with E-state index in [0.29, 0.717) is 26.4 Å². The third-order valence-corrected chi connectivity index (χ3v) is 13.1. The summed E-state index contributed by atoms with van der Waals surface area (Å²) in [5, 5.41) is 0. The van der Waals surface area contributed by atoms with Gasteiger partial charge in [-0.05, 0) is 133 Å². The molecule has 4 heteroatoms. The van der Waals surface area contributed by atoms with Gasteiger partial charge in [-0.15, -0.1) is 0 Å². The van der Waals surface area contributed by atoms with E-state index in [4.69, 9.17) is 18.9 Å². The van der Waals surface area contributed by atoms with E-state index in [-0.39, 0.29) is 0 Å². The summed E-state index contributed by atoms with van der Waals surface area (Å²) in [6.07, 6.45) is 7.39. The number of aryl methyl sites for hydroxylation is 1. The van der Waals surface area contributed by atoms with Crippen molar-refractivity contribution >= 4 is 24.3 Å². The van der Waals surface area contributed by atoms with E-state index >= 15 is 0 Å². The zero-order chi connectivity index (χ0) is 49.7. The van der Waals surface area contributed by atoms with E-state index in [1.165, 1.54) is 0 Å². The van der Waals surface area contributed by atoms with Gasteiger partial charge < -0.3 is 18.9 Å². The Morgan fingerprint density at radius 3 is 0.889 bits per heavy atom. The molecule has 0 aliphatic rings. The van der Waals surface area contributed by atoms with Crippen LogP contribution >= 0.6 is 0 Å². The van der Waals surface area contributed by atoms with Gasteiger partial charge in [-0.25, -0.2) is 0 Å². The summed E-state index contributed by atoms with van der Waals surface area (Å²) in [4.78, 5) is 0. The topological polar surface area (TPSA) is 36.9 Å². The predicted molar refractivity (Wildman–Crippen MR) is 298 cm³/mol. The standard InChI is InChI=1S/C68H58O4/c1-6-50-11-19-54(20-12-50)45-69-62-35-27-58(28-36-62)66-44-49(5)10-43-67(66)68(59-29-37-63(38-30-59)70-46-55-21-13-51(7-2)14-22-55,60-31-39-64(40-32-60)71-47-56-23-15-52(8-3)16-24-56)61-33-41-65(42-34-61)72-48-57-25-17-53(9-4)18-26-57/h6-44H,1-4,45-48H2,5H3. The molecule has 0 N–H and O–H groups in total. The number of benzene rings is 9. The Morgan fingerprint density at radius 1 is 0.333 bits per heavy atom. The second-order valence-electron chi connectivity index (χ2n) is 17.8. The lowest BCUT2D eigenvalue weighted by Gasteiger charge is -2.38. The molecular weight excluding hydrogens is 881 g/mol. The van der Waals surface area contributed by atoms with Crippen molar-refractivity contribution in [1.29, 1.82) is 0 Å². The van der Waals surface area contributed by atoms with Crippen molar-refractivity contribution in [2.75, 3.05) is 0 Å². The second kappa shape index (κ2) is 22.7. The highest BCUT2D eigenvalue weighted by Crippen LogP contribution is 2.50. The molecular formula is C68H58O4. The van der Waals surface area contributed by atoms with E-state index in [2.05, 4.69) is 246 Å². The highest BCUT2D eigenvalue weighted by molar-refractivity contribution is 5.76. The lowest BCUT2D eigenvalue weighted by molar-refractivity contribution is 0.306. The Balaban J connectivity index is 1.14. The summed E-state index contributed by atoms with van der Waals surface area (Å²) in [6.45, 7) is 19.5. The van der Waals surface area contributed by atoms with Gasteiger partial charge >= 0.3 is 0 Å². The Morgan fingerprint density at radius 2 is 0.611 bits per heavy atom. The van der Waals surface area contributed by atoms with Crippen LogP contribution in [0.25, 0.3) is 35.4 Å². The Kier molecular flexibility index (Phi) is 15.2. The third kappa shape index (κ3) is 11.3. The second-order valence-corrected chi connectivity index (χ2v) is 17.8. The molecule has 0 fully saturated rings. The van der Waals surface area contributed by atoms with Gasteiger partial charge in [0.25, 0.3) is 0 Å². The maximum Gasteiger partial charge on any atom is 0.119 e. The molecule has 0 radical (unpaired) electrons. The van der Waals surface area contributed by atoms with Crippen LogP contribution in [0, 0.1) is 6.92 Å². The lowest BCUT2D eigenvalue weighted by atomic mass is 9.63. The molecule has 0 unspecified atom stereocenters. The summed E-state index contributed by atoms with van der Waals surface area (Å²) in [5.41, 5.74) is 15.3. The Bertz CT molecular complexity index is 3000. The van der Waals surface area contributed by atoms with Gasteiger partial charge in [-0.1, -0.05) is 220 Å². The van der Waals surface area contributed by atoms with E-state index in [1.54, 1.807) is 0 Å². The fourth-order valence-corrected chi connectivity index (χ4v) is 8.99. The summed E-state index contributed by atoms with van der Waals surface area (Å²) in [5.74, 6) is 3.10. The Hall–Kier alpha value is -8.86. The average molecular weight is 939 g/mol. The summed E-state index contributed by atoms with van der Waals surface area (Å²) in [6, 6.07) is 74.0. The maximum absolute atomic E-state index is 6.43. The summed E-state index contributed by atoms with van der Waals surface area (Å²) in [7, 11) is 0. The molecule has 0 spiro atoms. The molecule has 354 valence electrons. The average Bonchev–Trinajstić information content (AvgIpc) is 3.45. The minimum atomic E-state index is -0.854. The summed E-state index contributed by atoms with van der Waals surface area (Å²) < 4.78 is 25.6. The van der Waals surface area contributed by atoms with E-state index < -0.39 is 5.41 Å². The maximum atomic E-state index is 6.43. The number of hydrogen-bond acceptors (Lipinski definition) is 4. The van der Waals surface area contributed by atoms with Gasteiger partial charge in [-0.2, -0.15) is 0 Å². The van der Waals surface area contributed by atoms with Crippen molar-refractivity contribution in [3.63, 3.8) is 0 Å². The Labute approximate surface area is 425 Å². The first-order valence-electron chi connectivity index (χ1n) is 24.2. The van der Waals surface area contributed by atoms with Crippen LogP contribution in [0.2, 0.25) is 0 Å². The molecule has 0 atom stereocenters. The smallest absolute Gasteiger partial charge is 0.119 e. The molecule has 0 saturated heterocycles.